The molecule has 1 aromatic rings. The summed E-state index contributed by atoms with van der Waals surface area (Å²) in [6.45, 7) is 0. The molecule has 2 N–H and O–H groups in total. The van der Waals surface area contributed by atoms with Crippen LogP contribution in [0, 0.1) is 11.7 Å². The van der Waals surface area contributed by atoms with Gasteiger partial charge in [0.1, 0.15) is 5.82 Å². The van der Waals surface area contributed by atoms with Crippen molar-refractivity contribution in [1.29, 1.82) is 0 Å². The SMILES string of the molecule is O=C(CCc1cccc(F)c1)NC1CCC(C(=O)O)CC1. The van der Waals surface area contributed by atoms with Crippen LogP contribution in [0.4, 0.5) is 4.39 Å². The van der Waals surface area contributed by atoms with Crippen LogP contribution in [0.25, 0.3) is 0 Å². The highest BCUT2D eigenvalue weighted by Gasteiger charge is 2.26. The molecule has 1 aliphatic rings. The third-order valence-electron chi connectivity index (χ3n) is 3.97. The van der Waals surface area contributed by atoms with Crippen molar-refractivity contribution in [3.05, 3.63) is 35.6 Å². The lowest BCUT2D eigenvalue weighted by Gasteiger charge is -2.26. The van der Waals surface area contributed by atoms with Crippen molar-refractivity contribution in [3.8, 4) is 0 Å². The number of carboxylic acid groups (broad SMARTS) is 1. The van der Waals surface area contributed by atoms with E-state index in [9.17, 15) is 14.0 Å². The van der Waals surface area contributed by atoms with Gasteiger partial charge in [-0.3, -0.25) is 9.59 Å². The van der Waals surface area contributed by atoms with Crippen LogP contribution >= 0.6 is 0 Å². The maximum Gasteiger partial charge on any atom is 0.306 e. The Morgan fingerprint density at radius 3 is 2.57 bits per heavy atom. The van der Waals surface area contributed by atoms with Crippen molar-refractivity contribution in [2.24, 2.45) is 5.92 Å². The molecular formula is C16H20FNO3. The average molecular weight is 293 g/mol. The van der Waals surface area contributed by atoms with E-state index in [2.05, 4.69) is 5.32 Å². The lowest BCUT2D eigenvalue weighted by atomic mass is 9.86. The molecule has 0 radical (unpaired) electrons. The summed E-state index contributed by atoms with van der Waals surface area (Å²) in [4.78, 5) is 22.7. The van der Waals surface area contributed by atoms with Gasteiger partial charge in [0.05, 0.1) is 5.92 Å². The molecule has 4 nitrogen and oxygen atoms in total. The topological polar surface area (TPSA) is 66.4 Å². The van der Waals surface area contributed by atoms with Gasteiger partial charge in [-0.05, 0) is 49.8 Å². The predicted octanol–water partition coefficient (Wildman–Crippen LogP) is 2.52. The maximum absolute atomic E-state index is 13.0. The van der Waals surface area contributed by atoms with Gasteiger partial charge in [0.15, 0.2) is 0 Å². The third kappa shape index (κ3) is 4.85. The summed E-state index contributed by atoms with van der Waals surface area (Å²) in [6.07, 6.45) is 3.48. The molecule has 0 spiro atoms. The number of hydrogen-bond acceptors (Lipinski definition) is 2. The zero-order valence-corrected chi connectivity index (χ0v) is 11.8. The second-order valence-corrected chi connectivity index (χ2v) is 5.58. The average Bonchev–Trinajstić information content (AvgIpc) is 2.46. The van der Waals surface area contributed by atoms with Crippen molar-refractivity contribution >= 4 is 11.9 Å². The van der Waals surface area contributed by atoms with Gasteiger partial charge in [0, 0.05) is 12.5 Å². The summed E-state index contributed by atoms with van der Waals surface area (Å²) < 4.78 is 13.0. The van der Waals surface area contributed by atoms with Crippen LogP contribution in [0.15, 0.2) is 24.3 Å². The third-order valence-corrected chi connectivity index (χ3v) is 3.97. The summed E-state index contributed by atoms with van der Waals surface area (Å²) >= 11 is 0. The molecular weight excluding hydrogens is 273 g/mol. The molecule has 1 fully saturated rings. The number of carboxylic acids is 1. The van der Waals surface area contributed by atoms with Gasteiger partial charge in [0.2, 0.25) is 5.91 Å². The number of rotatable bonds is 5. The van der Waals surface area contributed by atoms with Crippen molar-refractivity contribution in [3.63, 3.8) is 0 Å². The van der Waals surface area contributed by atoms with Gasteiger partial charge < -0.3 is 10.4 Å². The highest BCUT2D eigenvalue weighted by Crippen LogP contribution is 2.24. The number of carbonyl (C=O) groups is 2. The molecule has 114 valence electrons. The molecule has 1 amide bonds. The van der Waals surface area contributed by atoms with Crippen molar-refractivity contribution in [2.75, 3.05) is 0 Å². The number of halogens is 1. The fourth-order valence-corrected chi connectivity index (χ4v) is 2.73. The van der Waals surface area contributed by atoms with Gasteiger partial charge in [-0.15, -0.1) is 0 Å². The summed E-state index contributed by atoms with van der Waals surface area (Å²) in [5, 5.41) is 11.9. The number of benzene rings is 1. The molecule has 0 atom stereocenters. The molecule has 0 aromatic heterocycles. The van der Waals surface area contributed by atoms with E-state index in [1.54, 1.807) is 12.1 Å². The smallest absolute Gasteiger partial charge is 0.306 e. The van der Waals surface area contributed by atoms with Gasteiger partial charge in [-0.25, -0.2) is 4.39 Å². The minimum absolute atomic E-state index is 0.0574. The summed E-state index contributed by atoms with van der Waals surface area (Å²) in [5.74, 6) is -1.37. The van der Waals surface area contributed by atoms with E-state index in [1.165, 1.54) is 12.1 Å². The highest BCUT2D eigenvalue weighted by atomic mass is 19.1. The quantitative estimate of drug-likeness (QED) is 0.876. The Morgan fingerprint density at radius 2 is 1.95 bits per heavy atom. The van der Waals surface area contributed by atoms with Crippen LogP contribution in [0.3, 0.4) is 0 Å². The van der Waals surface area contributed by atoms with Crippen LogP contribution in [0.2, 0.25) is 0 Å². The Kier molecular flexibility index (Phi) is 5.31. The second kappa shape index (κ2) is 7.20. The maximum atomic E-state index is 13.0. The van der Waals surface area contributed by atoms with E-state index < -0.39 is 5.97 Å². The molecule has 0 aliphatic heterocycles. The number of hydrogen-bond donors (Lipinski definition) is 2. The molecule has 1 saturated carbocycles. The van der Waals surface area contributed by atoms with Gasteiger partial charge in [0.25, 0.3) is 0 Å². The Morgan fingerprint density at radius 1 is 1.24 bits per heavy atom. The normalized spacial score (nSPS) is 21.8. The van der Waals surface area contributed by atoms with Crippen molar-refractivity contribution in [1.82, 2.24) is 5.32 Å². The van der Waals surface area contributed by atoms with Gasteiger partial charge in [-0.2, -0.15) is 0 Å². The van der Waals surface area contributed by atoms with E-state index >= 15 is 0 Å². The van der Waals surface area contributed by atoms with Crippen molar-refractivity contribution in [2.45, 2.75) is 44.6 Å². The lowest BCUT2D eigenvalue weighted by molar-refractivity contribution is -0.142. The number of carbonyl (C=O) groups excluding carboxylic acids is 1. The summed E-state index contributed by atoms with van der Waals surface area (Å²) in [6, 6.07) is 6.32. The standard InChI is InChI=1S/C16H20FNO3/c17-13-3-1-2-11(10-13)4-9-15(19)18-14-7-5-12(6-8-14)16(20)21/h1-3,10,12,14H,4-9H2,(H,18,19)(H,20,21). The first-order valence-electron chi connectivity index (χ1n) is 7.31. The fraction of sp³-hybridized carbons (Fsp3) is 0.500. The Hall–Kier alpha value is -1.91. The minimum atomic E-state index is -0.745. The molecule has 0 bridgehead atoms. The van der Waals surface area contributed by atoms with Crippen LogP contribution in [0.5, 0.6) is 0 Å². The van der Waals surface area contributed by atoms with Gasteiger partial charge >= 0.3 is 5.97 Å². The number of aliphatic carboxylic acids is 1. The largest absolute Gasteiger partial charge is 0.481 e. The minimum Gasteiger partial charge on any atom is -0.481 e. The fourth-order valence-electron chi connectivity index (χ4n) is 2.73. The summed E-state index contributed by atoms with van der Waals surface area (Å²) in [5.41, 5.74) is 0.805. The second-order valence-electron chi connectivity index (χ2n) is 5.58. The molecule has 0 unspecified atom stereocenters. The number of nitrogens with one attached hydrogen (secondary N) is 1. The van der Waals surface area contributed by atoms with E-state index in [0.717, 1.165) is 5.56 Å². The van der Waals surface area contributed by atoms with E-state index in [0.29, 0.717) is 38.5 Å². The van der Waals surface area contributed by atoms with E-state index in [4.69, 9.17) is 5.11 Å². The molecule has 1 aromatic carbocycles. The Balaban J connectivity index is 1.72. The molecule has 2 rings (SSSR count). The Bertz CT molecular complexity index is 510. The van der Waals surface area contributed by atoms with Crippen LogP contribution in [-0.4, -0.2) is 23.0 Å². The first-order valence-corrected chi connectivity index (χ1v) is 7.31. The zero-order valence-electron chi connectivity index (χ0n) is 11.8. The molecule has 21 heavy (non-hydrogen) atoms. The van der Waals surface area contributed by atoms with Crippen LogP contribution in [0.1, 0.15) is 37.7 Å². The Labute approximate surface area is 123 Å². The molecule has 0 heterocycles. The predicted molar refractivity (Wildman–Crippen MR) is 76.2 cm³/mol. The highest BCUT2D eigenvalue weighted by molar-refractivity contribution is 5.76. The van der Waals surface area contributed by atoms with Gasteiger partial charge in [-0.1, -0.05) is 12.1 Å². The van der Waals surface area contributed by atoms with Crippen LogP contribution in [-0.2, 0) is 16.0 Å². The number of amides is 1. The molecule has 1 aliphatic carbocycles. The van der Waals surface area contributed by atoms with Crippen molar-refractivity contribution < 1.29 is 19.1 Å². The zero-order chi connectivity index (χ0) is 15.2. The molecule has 5 heteroatoms. The molecule has 0 saturated heterocycles. The summed E-state index contributed by atoms with van der Waals surface area (Å²) in [7, 11) is 0. The number of aryl methyl sites for hydroxylation is 1. The monoisotopic (exact) mass is 293 g/mol. The first kappa shape index (κ1) is 15.5. The lowest BCUT2D eigenvalue weighted by Crippen LogP contribution is -2.38. The first-order chi connectivity index (χ1) is 10.0. The van der Waals surface area contributed by atoms with E-state index in [1.807, 2.05) is 0 Å². The van der Waals surface area contributed by atoms with E-state index in [-0.39, 0.29) is 23.7 Å². The van der Waals surface area contributed by atoms with Crippen LogP contribution < -0.4 is 5.32 Å².